The first kappa shape index (κ1) is 17.5. The number of fused-ring (bicyclic) bond motifs is 1. The highest BCUT2D eigenvalue weighted by atomic mass is 32.2. The van der Waals surface area contributed by atoms with E-state index < -0.39 is 19.9 Å². The molecule has 1 aromatic carbocycles. The van der Waals surface area contributed by atoms with Gasteiger partial charge in [-0.15, -0.1) is 5.10 Å². The Morgan fingerprint density at radius 1 is 1.15 bits per heavy atom. The first-order valence-corrected chi connectivity index (χ1v) is 11.8. The summed E-state index contributed by atoms with van der Waals surface area (Å²) in [6.45, 7) is 0. The van der Waals surface area contributed by atoms with E-state index in [-0.39, 0.29) is 27.5 Å². The van der Waals surface area contributed by atoms with Crippen LogP contribution in [0.2, 0.25) is 0 Å². The van der Waals surface area contributed by atoms with E-state index in [2.05, 4.69) is 14.8 Å². The molecule has 1 N–H and O–H groups in total. The molecule has 2 aromatic rings. The summed E-state index contributed by atoms with van der Waals surface area (Å²) in [6, 6.07) is 4.44. The number of hydrogen-bond donors (Lipinski definition) is 1. The van der Waals surface area contributed by atoms with Gasteiger partial charge in [0, 0.05) is 0 Å². The van der Waals surface area contributed by atoms with Gasteiger partial charge in [0.1, 0.15) is 6.33 Å². The Morgan fingerprint density at radius 2 is 1.92 bits per heavy atom. The minimum Gasteiger partial charge on any atom is -0.248 e. The van der Waals surface area contributed by atoms with Gasteiger partial charge in [-0.25, -0.2) is 26.2 Å². The molecule has 1 fully saturated rings. The van der Waals surface area contributed by atoms with E-state index in [1.165, 1.54) is 18.6 Å². The number of nitrogens with one attached hydrogen (secondary N) is 1. The number of anilines is 1. The molecule has 2 heterocycles. The van der Waals surface area contributed by atoms with Crippen LogP contribution < -0.4 is 4.72 Å². The highest BCUT2D eigenvalue weighted by Gasteiger charge is 2.29. The fraction of sp³-hybridized carbons (Fsp3) is 0.500. The van der Waals surface area contributed by atoms with Crippen molar-refractivity contribution in [2.45, 2.75) is 54.4 Å². The zero-order valence-electron chi connectivity index (χ0n) is 14.1. The van der Waals surface area contributed by atoms with Crippen LogP contribution in [0.5, 0.6) is 0 Å². The molecule has 0 spiro atoms. The van der Waals surface area contributed by atoms with Crippen LogP contribution in [-0.4, -0.2) is 37.4 Å². The van der Waals surface area contributed by atoms with Gasteiger partial charge in [0.15, 0.2) is 9.84 Å². The van der Waals surface area contributed by atoms with Crippen molar-refractivity contribution in [3.05, 3.63) is 30.1 Å². The lowest BCUT2D eigenvalue weighted by atomic mass is 9.96. The maximum Gasteiger partial charge on any atom is 0.264 e. The van der Waals surface area contributed by atoms with E-state index in [0.717, 1.165) is 25.7 Å². The highest BCUT2D eigenvalue weighted by molar-refractivity contribution is 7.93. The molecule has 10 heteroatoms. The molecule has 1 aliphatic carbocycles. The first-order valence-electron chi connectivity index (χ1n) is 8.65. The molecule has 0 saturated heterocycles. The van der Waals surface area contributed by atoms with Gasteiger partial charge in [0.05, 0.1) is 21.6 Å². The Morgan fingerprint density at radius 3 is 2.69 bits per heavy atom. The van der Waals surface area contributed by atoms with Gasteiger partial charge in [0.25, 0.3) is 16.0 Å². The number of hydrogen-bond acceptors (Lipinski definition) is 6. The van der Waals surface area contributed by atoms with Gasteiger partial charge in [-0.3, -0.25) is 0 Å². The standard InChI is InChI=1S/C16H20N4O4S2/c21-25(22)9-8-12-6-7-14(10-15(12)25)26(23,24)19-16-17-11-20(18-16)13-4-2-1-3-5-13/h6-7,10-11,13H,1-5,8-9H2,(H,18,19). The summed E-state index contributed by atoms with van der Waals surface area (Å²) in [7, 11) is -7.35. The van der Waals surface area contributed by atoms with Gasteiger partial charge in [-0.05, 0) is 37.0 Å². The molecular weight excluding hydrogens is 376 g/mol. The molecule has 0 radical (unpaired) electrons. The normalized spacial score (nSPS) is 20.0. The van der Waals surface area contributed by atoms with Crippen molar-refractivity contribution in [1.82, 2.24) is 14.8 Å². The van der Waals surface area contributed by atoms with Crippen LogP contribution in [0, 0.1) is 0 Å². The van der Waals surface area contributed by atoms with Crippen LogP contribution in [0.3, 0.4) is 0 Å². The molecule has 8 nitrogen and oxygen atoms in total. The molecule has 4 rings (SSSR count). The molecule has 0 bridgehead atoms. The number of sulfone groups is 1. The zero-order valence-corrected chi connectivity index (χ0v) is 15.8. The van der Waals surface area contributed by atoms with Crippen molar-refractivity contribution < 1.29 is 16.8 Å². The van der Waals surface area contributed by atoms with E-state index in [9.17, 15) is 16.8 Å². The third kappa shape index (κ3) is 3.23. The van der Waals surface area contributed by atoms with Crippen molar-refractivity contribution in [2.24, 2.45) is 0 Å². The topological polar surface area (TPSA) is 111 Å². The quantitative estimate of drug-likeness (QED) is 0.845. The maximum atomic E-state index is 12.6. The monoisotopic (exact) mass is 396 g/mol. The second-order valence-corrected chi connectivity index (χ2v) is 10.5. The maximum absolute atomic E-state index is 12.6. The van der Waals surface area contributed by atoms with E-state index in [1.54, 1.807) is 17.1 Å². The second kappa shape index (κ2) is 6.34. The summed E-state index contributed by atoms with van der Waals surface area (Å²) in [5.74, 6) is 0.0195. The van der Waals surface area contributed by atoms with Crippen LogP contribution in [0.25, 0.3) is 0 Å². The SMILES string of the molecule is O=S1(=O)CCc2ccc(S(=O)(=O)Nc3ncn(C4CCCCC4)n3)cc21. The number of sulfonamides is 1. The minimum absolute atomic E-state index is 0.000992. The minimum atomic E-state index is -3.96. The Kier molecular flexibility index (Phi) is 4.26. The average Bonchev–Trinajstić information content (AvgIpc) is 3.20. The summed E-state index contributed by atoms with van der Waals surface area (Å²) < 4.78 is 53.3. The van der Waals surface area contributed by atoms with Gasteiger partial charge in [-0.1, -0.05) is 25.3 Å². The molecule has 0 amide bonds. The van der Waals surface area contributed by atoms with Crippen molar-refractivity contribution in [2.75, 3.05) is 10.5 Å². The Labute approximate surface area is 152 Å². The fourth-order valence-electron chi connectivity index (χ4n) is 3.57. The van der Waals surface area contributed by atoms with Gasteiger partial charge in [-0.2, -0.15) is 4.98 Å². The summed E-state index contributed by atoms with van der Waals surface area (Å²) in [5, 5.41) is 4.24. The molecule has 0 unspecified atom stereocenters. The van der Waals surface area contributed by atoms with Crippen molar-refractivity contribution in [1.29, 1.82) is 0 Å². The lowest BCUT2D eigenvalue weighted by molar-refractivity contribution is 0.329. The highest BCUT2D eigenvalue weighted by Crippen LogP contribution is 2.29. The molecule has 1 saturated carbocycles. The molecule has 1 aliphatic heterocycles. The number of aryl methyl sites for hydroxylation is 1. The van der Waals surface area contributed by atoms with Crippen molar-refractivity contribution in [3.63, 3.8) is 0 Å². The predicted octanol–water partition coefficient (Wildman–Crippen LogP) is 1.91. The lowest BCUT2D eigenvalue weighted by Crippen LogP contribution is -2.16. The van der Waals surface area contributed by atoms with Crippen molar-refractivity contribution >= 4 is 25.8 Å². The molecule has 26 heavy (non-hydrogen) atoms. The number of aromatic nitrogens is 3. The zero-order chi connectivity index (χ0) is 18.4. The van der Waals surface area contributed by atoms with E-state index in [1.807, 2.05) is 0 Å². The smallest absolute Gasteiger partial charge is 0.248 e. The number of rotatable bonds is 4. The number of nitrogens with zero attached hydrogens (tertiary/aromatic N) is 3. The molecular formula is C16H20N4O4S2. The van der Waals surface area contributed by atoms with E-state index in [4.69, 9.17) is 0 Å². The van der Waals surface area contributed by atoms with Gasteiger partial charge >= 0.3 is 0 Å². The van der Waals surface area contributed by atoms with E-state index in [0.29, 0.717) is 12.0 Å². The summed E-state index contributed by atoms with van der Waals surface area (Å²) in [4.78, 5) is 4.04. The van der Waals surface area contributed by atoms with Gasteiger partial charge < -0.3 is 0 Å². The third-order valence-electron chi connectivity index (χ3n) is 5.01. The average molecular weight is 396 g/mol. The Bertz CT molecular complexity index is 1040. The summed E-state index contributed by atoms with van der Waals surface area (Å²) >= 11 is 0. The van der Waals surface area contributed by atoms with E-state index >= 15 is 0 Å². The Hall–Kier alpha value is -1.94. The van der Waals surface area contributed by atoms with Gasteiger partial charge in [0.2, 0.25) is 0 Å². The van der Waals surface area contributed by atoms with Crippen LogP contribution in [-0.2, 0) is 26.3 Å². The number of benzene rings is 1. The summed E-state index contributed by atoms with van der Waals surface area (Å²) in [6.07, 6.45) is 7.46. The van der Waals surface area contributed by atoms with Crippen LogP contribution in [0.4, 0.5) is 5.95 Å². The first-order chi connectivity index (χ1) is 12.4. The molecule has 1 aromatic heterocycles. The van der Waals surface area contributed by atoms with Crippen molar-refractivity contribution in [3.8, 4) is 0 Å². The largest absolute Gasteiger partial charge is 0.264 e. The molecule has 140 valence electrons. The fourth-order valence-corrected chi connectivity index (χ4v) is 6.21. The third-order valence-corrected chi connectivity index (χ3v) is 8.12. The molecule has 2 aliphatic rings. The second-order valence-electron chi connectivity index (χ2n) is 6.78. The van der Waals surface area contributed by atoms with Crippen LogP contribution >= 0.6 is 0 Å². The predicted molar refractivity (Wildman–Crippen MR) is 95.2 cm³/mol. The lowest BCUT2D eigenvalue weighted by Gasteiger charge is -2.21. The Balaban J connectivity index is 1.58. The summed E-state index contributed by atoms with van der Waals surface area (Å²) in [5.41, 5.74) is 0.656. The van der Waals surface area contributed by atoms with Crippen LogP contribution in [0.15, 0.2) is 34.3 Å². The molecule has 0 atom stereocenters. The van der Waals surface area contributed by atoms with Crippen LogP contribution in [0.1, 0.15) is 43.7 Å².